The molecule has 1 atom stereocenters. The summed E-state index contributed by atoms with van der Waals surface area (Å²) in [4.78, 5) is 2.35. The van der Waals surface area contributed by atoms with Crippen LogP contribution in [0.25, 0.3) is 0 Å². The second-order valence-corrected chi connectivity index (χ2v) is 3.95. The van der Waals surface area contributed by atoms with Crippen molar-refractivity contribution in [3.05, 3.63) is 29.8 Å². The lowest BCUT2D eigenvalue weighted by molar-refractivity contribution is 0.122. The van der Waals surface area contributed by atoms with E-state index < -0.39 is 0 Å². The van der Waals surface area contributed by atoms with Crippen LogP contribution < -0.4 is 10.6 Å². The van der Waals surface area contributed by atoms with Crippen LogP contribution in [0.4, 0.5) is 5.69 Å². The van der Waals surface area contributed by atoms with Gasteiger partial charge in [0.1, 0.15) is 0 Å². The lowest BCUT2D eigenvalue weighted by Gasteiger charge is -2.31. The molecule has 0 unspecified atom stereocenters. The summed E-state index contributed by atoms with van der Waals surface area (Å²) in [6.45, 7) is 5.58. The maximum absolute atomic E-state index is 5.96. The Labute approximate surface area is 90.8 Å². The Morgan fingerprint density at radius 3 is 2.60 bits per heavy atom. The Hall–Kier alpha value is -1.06. The van der Waals surface area contributed by atoms with Crippen molar-refractivity contribution in [3.63, 3.8) is 0 Å². The minimum absolute atomic E-state index is 0.0871. The lowest BCUT2D eigenvalue weighted by Crippen LogP contribution is -2.37. The molecule has 1 aromatic carbocycles. The van der Waals surface area contributed by atoms with E-state index >= 15 is 0 Å². The first-order valence-corrected chi connectivity index (χ1v) is 5.46. The van der Waals surface area contributed by atoms with E-state index in [1.54, 1.807) is 0 Å². The molecule has 0 aliphatic carbocycles. The molecule has 1 aromatic rings. The van der Waals surface area contributed by atoms with Gasteiger partial charge in [0.15, 0.2) is 0 Å². The summed E-state index contributed by atoms with van der Waals surface area (Å²) in [5.41, 5.74) is 8.44. The summed E-state index contributed by atoms with van der Waals surface area (Å²) in [7, 11) is 0. The van der Waals surface area contributed by atoms with E-state index in [1.165, 1.54) is 11.3 Å². The highest BCUT2D eigenvalue weighted by molar-refractivity contribution is 5.55. The molecule has 3 nitrogen and oxygen atoms in total. The molecule has 0 amide bonds. The van der Waals surface area contributed by atoms with Gasteiger partial charge in [-0.2, -0.15) is 0 Å². The van der Waals surface area contributed by atoms with Crippen molar-refractivity contribution >= 4 is 5.69 Å². The fraction of sp³-hybridized carbons (Fsp3) is 0.500. The molecule has 0 bridgehead atoms. The highest BCUT2D eigenvalue weighted by Crippen LogP contribution is 2.25. The number of anilines is 1. The molecule has 1 aliphatic heterocycles. The maximum Gasteiger partial charge on any atom is 0.0642 e. The average Bonchev–Trinajstić information content (AvgIpc) is 2.30. The standard InChI is InChI=1S/C12H18N2O/c1-10(13)11-4-2-3-5-12(11)14-6-8-15-9-7-14/h2-5,10H,6-9,13H2,1H3/t10-/m0/s1. The number of hydrogen-bond donors (Lipinski definition) is 1. The van der Waals surface area contributed by atoms with Gasteiger partial charge in [-0.05, 0) is 18.6 Å². The molecule has 15 heavy (non-hydrogen) atoms. The van der Waals surface area contributed by atoms with Gasteiger partial charge in [-0.25, -0.2) is 0 Å². The molecule has 2 rings (SSSR count). The predicted octanol–water partition coefficient (Wildman–Crippen LogP) is 1.54. The third-order valence-corrected chi connectivity index (χ3v) is 2.78. The third kappa shape index (κ3) is 2.30. The van der Waals surface area contributed by atoms with Gasteiger partial charge in [-0.3, -0.25) is 0 Å². The number of benzene rings is 1. The summed E-state index contributed by atoms with van der Waals surface area (Å²) in [6.07, 6.45) is 0. The molecule has 1 fully saturated rings. The largest absolute Gasteiger partial charge is 0.378 e. The normalized spacial score (nSPS) is 18.9. The fourth-order valence-corrected chi connectivity index (χ4v) is 1.96. The Balaban J connectivity index is 2.25. The minimum atomic E-state index is 0.0871. The number of morpholine rings is 1. The molecule has 3 heteroatoms. The SMILES string of the molecule is C[C@H](N)c1ccccc1N1CCOCC1. The van der Waals surface area contributed by atoms with Crippen LogP contribution in [0.15, 0.2) is 24.3 Å². The zero-order chi connectivity index (χ0) is 10.7. The second kappa shape index (κ2) is 4.64. The van der Waals surface area contributed by atoms with Crippen LogP contribution in [-0.4, -0.2) is 26.3 Å². The van der Waals surface area contributed by atoms with Crippen molar-refractivity contribution in [1.82, 2.24) is 0 Å². The average molecular weight is 206 g/mol. The summed E-state index contributed by atoms with van der Waals surface area (Å²) in [6, 6.07) is 8.45. The van der Waals surface area contributed by atoms with Crippen molar-refractivity contribution < 1.29 is 4.74 Å². The van der Waals surface area contributed by atoms with Crippen molar-refractivity contribution in [2.75, 3.05) is 31.2 Å². The van der Waals surface area contributed by atoms with Crippen LogP contribution in [-0.2, 0) is 4.74 Å². The van der Waals surface area contributed by atoms with Gasteiger partial charge in [-0.1, -0.05) is 18.2 Å². The summed E-state index contributed by atoms with van der Waals surface area (Å²) in [5.74, 6) is 0. The Kier molecular flexibility index (Phi) is 3.23. The number of hydrogen-bond acceptors (Lipinski definition) is 3. The number of ether oxygens (including phenoxy) is 1. The van der Waals surface area contributed by atoms with E-state index in [1.807, 2.05) is 13.0 Å². The lowest BCUT2D eigenvalue weighted by atomic mass is 10.1. The van der Waals surface area contributed by atoms with Gasteiger partial charge in [-0.15, -0.1) is 0 Å². The number of para-hydroxylation sites is 1. The van der Waals surface area contributed by atoms with E-state index in [0.717, 1.165) is 26.3 Å². The molecule has 0 saturated carbocycles. The molecule has 0 aromatic heterocycles. The number of nitrogens with zero attached hydrogens (tertiary/aromatic N) is 1. The summed E-state index contributed by atoms with van der Waals surface area (Å²) in [5, 5.41) is 0. The third-order valence-electron chi connectivity index (χ3n) is 2.78. The van der Waals surface area contributed by atoms with Crippen LogP contribution >= 0.6 is 0 Å². The first-order valence-electron chi connectivity index (χ1n) is 5.46. The van der Waals surface area contributed by atoms with E-state index in [9.17, 15) is 0 Å². The van der Waals surface area contributed by atoms with Gasteiger partial charge >= 0.3 is 0 Å². The predicted molar refractivity (Wildman–Crippen MR) is 62.1 cm³/mol. The Morgan fingerprint density at radius 1 is 1.27 bits per heavy atom. The number of nitrogens with two attached hydrogens (primary N) is 1. The fourth-order valence-electron chi connectivity index (χ4n) is 1.96. The zero-order valence-corrected chi connectivity index (χ0v) is 9.15. The van der Waals surface area contributed by atoms with E-state index in [-0.39, 0.29) is 6.04 Å². The summed E-state index contributed by atoms with van der Waals surface area (Å²) < 4.78 is 5.35. The minimum Gasteiger partial charge on any atom is -0.378 e. The zero-order valence-electron chi connectivity index (χ0n) is 9.15. The smallest absolute Gasteiger partial charge is 0.0642 e. The summed E-state index contributed by atoms with van der Waals surface area (Å²) >= 11 is 0. The van der Waals surface area contributed by atoms with Crippen LogP contribution in [0.2, 0.25) is 0 Å². The quantitative estimate of drug-likeness (QED) is 0.797. The number of rotatable bonds is 2. The molecular weight excluding hydrogens is 188 g/mol. The van der Waals surface area contributed by atoms with E-state index in [0.29, 0.717) is 0 Å². The van der Waals surface area contributed by atoms with Gasteiger partial charge in [0.25, 0.3) is 0 Å². The first-order chi connectivity index (χ1) is 7.29. The van der Waals surface area contributed by atoms with Crippen LogP contribution in [0.1, 0.15) is 18.5 Å². The first kappa shape index (κ1) is 10.5. The molecule has 1 aliphatic rings. The van der Waals surface area contributed by atoms with Crippen molar-refractivity contribution in [3.8, 4) is 0 Å². The molecule has 0 spiro atoms. The van der Waals surface area contributed by atoms with Gasteiger partial charge in [0.2, 0.25) is 0 Å². The van der Waals surface area contributed by atoms with E-state index in [4.69, 9.17) is 10.5 Å². The topological polar surface area (TPSA) is 38.5 Å². The molecule has 0 radical (unpaired) electrons. The van der Waals surface area contributed by atoms with Crippen molar-refractivity contribution in [2.24, 2.45) is 5.73 Å². The van der Waals surface area contributed by atoms with Crippen molar-refractivity contribution in [2.45, 2.75) is 13.0 Å². The second-order valence-electron chi connectivity index (χ2n) is 3.95. The van der Waals surface area contributed by atoms with Crippen LogP contribution in [0.5, 0.6) is 0 Å². The van der Waals surface area contributed by atoms with Gasteiger partial charge in [0, 0.05) is 24.8 Å². The molecule has 1 saturated heterocycles. The molecule has 82 valence electrons. The van der Waals surface area contributed by atoms with Crippen LogP contribution in [0.3, 0.4) is 0 Å². The highest BCUT2D eigenvalue weighted by Gasteiger charge is 2.15. The molecular formula is C12H18N2O. The molecule has 2 N–H and O–H groups in total. The van der Waals surface area contributed by atoms with Gasteiger partial charge in [0.05, 0.1) is 13.2 Å². The monoisotopic (exact) mass is 206 g/mol. The van der Waals surface area contributed by atoms with Crippen LogP contribution in [0, 0.1) is 0 Å². The Morgan fingerprint density at radius 2 is 1.93 bits per heavy atom. The molecule has 1 heterocycles. The van der Waals surface area contributed by atoms with E-state index in [2.05, 4.69) is 23.1 Å². The highest BCUT2D eigenvalue weighted by atomic mass is 16.5. The maximum atomic E-state index is 5.96. The Bertz CT molecular complexity index is 319. The van der Waals surface area contributed by atoms with Crippen molar-refractivity contribution in [1.29, 1.82) is 0 Å². The van der Waals surface area contributed by atoms with Gasteiger partial charge < -0.3 is 15.4 Å².